The molecule has 0 aliphatic rings. The second-order valence-electron chi connectivity index (χ2n) is 3.05. The third-order valence-electron chi connectivity index (χ3n) is 1.41. The molecule has 0 fully saturated rings. The Bertz CT molecular complexity index is 269. The summed E-state index contributed by atoms with van der Waals surface area (Å²) in [5.74, 6) is 1.46. The van der Waals surface area contributed by atoms with Crippen LogP contribution in [0.25, 0.3) is 0 Å². The first kappa shape index (κ1) is 10.5. The van der Waals surface area contributed by atoms with E-state index in [0.29, 0.717) is 5.75 Å². The molecule has 0 radical (unpaired) electrons. The van der Waals surface area contributed by atoms with E-state index in [2.05, 4.69) is 9.97 Å². The summed E-state index contributed by atoms with van der Waals surface area (Å²) in [6, 6.07) is 1.93. The number of hydrogen-bond donors (Lipinski definition) is 1. The Morgan fingerprint density at radius 3 is 2.69 bits per heavy atom. The number of thioether (sulfide) groups is 1. The maximum absolute atomic E-state index is 9.09. The first-order valence-electron chi connectivity index (χ1n) is 4.21. The van der Waals surface area contributed by atoms with Crippen molar-refractivity contribution in [3.63, 3.8) is 0 Å². The molecule has 1 atom stereocenters. The minimum absolute atomic E-state index is 0.291. The lowest BCUT2D eigenvalue weighted by Crippen LogP contribution is -2.03. The lowest BCUT2D eigenvalue weighted by atomic mass is 10.4. The molecule has 1 heterocycles. The Labute approximate surface area is 82.6 Å². The summed E-state index contributed by atoms with van der Waals surface area (Å²) in [7, 11) is 0. The number of aliphatic hydroxyl groups excluding tert-OH is 1. The SMILES string of the molecule is Cc1cc(SCC(C)O)nc(C)n1. The van der Waals surface area contributed by atoms with Crippen LogP contribution < -0.4 is 0 Å². The quantitative estimate of drug-likeness (QED) is 0.591. The van der Waals surface area contributed by atoms with Crippen molar-refractivity contribution < 1.29 is 5.11 Å². The van der Waals surface area contributed by atoms with E-state index < -0.39 is 0 Å². The van der Waals surface area contributed by atoms with Crippen molar-refractivity contribution in [2.45, 2.75) is 31.9 Å². The van der Waals surface area contributed by atoms with Crippen LogP contribution in [0.4, 0.5) is 0 Å². The van der Waals surface area contributed by atoms with Crippen LogP contribution in [0.15, 0.2) is 11.1 Å². The van der Waals surface area contributed by atoms with Gasteiger partial charge in [-0.15, -0.1) is 11.8 Å². The third kappa shape index (κ3) is 3.74. The van der Waals surface area contributed by atoms with Gasteiger partial charge in [0.1, 0.15) is 10.9 Å². The van der Waals surface area contributed by atoms with Crippen molar-refractivity contribution in [3.05, 3.63) is 17.6 Å². The topological polar surface area (TPSA) is 46.0 Å². The van der Waals surface area contributed by atoms with Crippen LogP contribution in [0.1, 0.15) is 18.4 Å². The summed E-state index contributed by atoms with van der Waals surface area (Å²) in [5.41, 5.74) is 0.973. The van der Waals surface area contributed by atoms with E-state index >= 15 is 0 Å². The Morgan fingerprint density at radius 1 is 1.46 bits per heavy atom. The molecule has 72 valence electrons. The zero-order valence-electron chi connectivity index (χ0n) is 8.11. The van der Waals surface area contributed by atoms with Gasteiger partial charge in [-0.05, 0) is 26.8 Å². The molecule has 0 saturated heterocycles. The van der Waals surface area contributed by atoms with E-state index in [4.69, 9.17) is 5.11 Å². The molecule has 0 aliphatic carbocycles. The van der Waals surface area contributed by atoms with Crippen LogP contribution >= 0.6 is 11.8 Å². The van der Waals surface area contributed by atoms with Gasteiger partial charge >= 0.3 is 0 Å². The largest absolute Gasteiger partial charge is 0.393 e. The molecule has 1 rings (SSSR count). The minimum Gasteiger partial charge on any atom is -0.393 e. The lowest BCUT2D eigenvalue weighted by Gasteiger charge is -2.04. The Balaban J connectivity index is 2.66. The monoisotopic (exact) mass is 198 g/mol. The number of hydrogen-bond acceptors (Lipinski definition) is 4. The molecule has 0 saturated carbocycles. The molecule has 0 spiro atoms. The highest BCUT2D eigenvalue weighted by Crippen LogP contribution is 2.16. The summed E-state index contributed by atoms with van der Waals surface area (Å²) in [6.45, 7) is 5.59. The van der Waals surface area contributed by atoms with E-state index in [1.54, 1.807) is 18.7 Å². The van der Waals surface area contributed by atoms with Crippen molar-refractivity contribution in [2.75, 3.05) is 5.75 Å². The normalized spacial score (nSPS) is 12.9. The molecule has 3 nitrogen and oxygen atoms in total. The predicted octanol–water partition coefficient (Wildman–Crippen LogP) is 1.57. The Hall–Kier alpha value is -0.610. The minimum atomic E-state index is -0.291. The van der Waals surface area contributed by atoms with Gasteiger partial charge in [-0.1, -0.05) is 0 Å². The third-order valence-corrected chi connectivity index (χ3v) is 2.57. The van der Waals surface area contributed by atoms with E-state index in [1.165, 1.54) is 0 Å². The molecule has 0 amide bonds. The fourth-order valence-electron chi connectivity index (χ4n) is 0.963. The maximum atomic E-state index is 9.09. The predicted molar refractivity (Wildman–Crippen MR) is 53.9 cm³/mol. The number of nitrogens with zero attached hydrogens (tertiary/aromatic N) is 2. The molecule has 1 aromatic rings. The van der Waals surface area contributed by atoms with Crippen LogP contribution in [0.2, 0.25) is 0 Å². The summed E-state index contributed by atoms with van der Waals surface area (Å²) < 4.78 is 0. The highest BCUT2D eigenvalue weighted by molar-refractivity contribution is 7.99. The van der Waals surface area contributed by atoms with E-state index in [1.807, 2.05) is 19.9 Å². The zero-order chi connectivity index (χ0) is 9.84. The van der Waals surface area contributed by atoms with Gasteiger partial charge in [0, 0.05) is 11.4 Å². The van der Waals surface area contributed by atoms with Crippen molar-refractivity contribution in [1.29, 1.82) is 0 Å². The van der Waals surface area contributed by atoms with E-state index in [-0.39, 0.29) is 6.10 Å². The van der Waals surface area contributed by atoms with Gasteiger partial charge in [0.2, 0.25) is 0 Å². The maximum Gasteiger partial charge on any atom is 0.126 e. The first-order chi connectivity index (χ1) is 6.08. The van der Waals surface area contributed by atoms with Gasteiger partial charge in [-0.3, -0.25) is 0 Å². The molecule has 1 aromatic heterocycles. The fourth-order valence-corrected chi connectivity index (χ4v) is 1.83. The van der Waals surface area contributed by atoms with Crippen molar-refractivity contribution in [3.8, 4) is 0 Å². The standard InChI is InChI=1S/C9H14N2OS/c1-6-4-9(11-8(3)10-6)13-5-7(2)12/h4,7,12H,5H2,1-3H3. The Morgan fingerprint density at radius 2 is 2.15 bits per heavy atom. The van der Waals surface area contributed by atoms with Gasteiger partial charge in [0.15, 0.2) is 0 Å². The van der Waals surface area contributed by atoms with Crippen molar-refractivity contribution in [2.24, 2.45) is 0 Å². The zero-order valence-corrected chi connectivity index (χ0v) is 8.93. The van der Waals surface area contributed by atoms with Crippen LogP contribution in [0, 0.1) is 13.8 Å². The molecule has 0 aliphatic heterocycles. The summed E-state index contributed by atoms with van der Waals surface area (Å²) >= 11 is 1.56. The number of aliphatic hydroxyl groups is 1. The van der Waals surface area contributed by atoms with Gasteiger partial charge in [0.05, 0.1) is 6.10 Å². The Kier molecular flexibility index (Phi) is 3.69. The van der Waals surface area contributed by atoms with E-state index in [9.17, 15) is 0 Å². The molecule has 1 unspecified atom stereocenters. The average Bonchev–Trinajstić information content (AvgIpc) is 1.99. The van der Waals surface area contributed by atoms with Crippen LogP contribution in [-0.4, -0.2) is 26.9 Å². The number of aryl methyl sites for hydroxylation is 2. The van der Waals surface area contributed by atoms with Crippen LogP contribution in [-0.2, 0) is 0 Å². The van der Waals surface area contributed by atoms with Crippen LogP contribution in [0.5, 0.6) is 0 Å². The second-order valence-corrected chi connectivity index (χ2v) is 4.10. The molecule has 4 heteroatoms. The molecule has 13 heavy (non-hydrogen) atoms. The number of aromatic nitrogens is 2. The fraction of sp³-hybridized carbons (Fsp3) is 0.556. The second kappa shape index (κ2) is 4.58. The smallest absolute Gasteiger partial charge is 0.126 e. The van der Waals surface area contributed by atoms with Gasteiger partial charge in [-0.25, -0.2) is 9.97 Å². The average molecular weight is 198 g/mol. The van der Waals surface area contributed by atoms with Gasteiger partial charge in [0.25, 0.3) is 0 Å². The molecular formula is C9H14N2OS. The highest BCUT2D eigenvalue weighted by atomic mass is 32.2. The van der Waals surface area contributed by atoms with Gasteiger partial charge in [-0.2, -0.15) is 0 Å². The van der Waals surface area contributed by atoms with Crippen LogP contribution in [0.3, 0.4) is 0 Å². The first-order valence-corrected chi connectivity index (χ1v) is 5.19. The van der Waals surface area contributed by atoms with Crippen molar-refractivity contribution in [1.82, 2.24) is 9.97 Å². The molecule has 0 bridgehead atoms. The summed E-state index contributed by atoms with van der Waals surface area (Å²) in [4.78, 5) is 8.42. The van der Waals surface area contributed by atoms with Crippen molar-refractivity contribution >= 4 is 11.8 Å². The van der Waals surface area contributed by atoms with E-state index in [0.717, 1.165) is 16.5 Å². The molecular weight excluding hydrogens is 184 g/mol. The van der Waals surface area contributed by atoms with Gasteiger partial charge < -0.3 is 5.11 Å². The lowest BCUT2D eigenvalue weighted by molar-refractivity contribution is 0.220. The highest BCUT2D eigenvalue weighted by Gasteiger charge is 2.01. The number of rotatable bonds is 3. The molecule has 1 N–H and O–H groups in total. The summed E-state index contributed by atoms with van der Waals surface area (Å²) in [6.07, 6.45) is -0.291. The summed E-state index contributed by atoms with van der Waals surface area (Å²) in [5, 5.41) is 10.0. The molecule has 0 aromatic carbocycles.